The quantitative estimate of drug-likeness (QED) is 0.206. The van der Waals surface area contributed by atoms with E-state index in [0.29, 0.717) is 17.5 Å². The normalized spacial score (nSPS) is 11.7. The van der Waals surface area contributed by atoms with Crippen molar-refractivity contribution in [3.63, 3.8) is 0 Å². The van der Waals surface area contributed by atoms with Crippen LogP contribution in [0.4, 0.5) is 0 Å². The van der Waals surface area contributed by atoms with Crippen molar-refractivity contribution in [2.45, 2.75) is 0 Å². The molecule has 43 heavy (non-hydrogen) atoms. The van der Waals surface area contributed by atoms with Gasteiger partial charge in [-0.15, -0.1) is 0 Å². The molecular weight excluding hydrogens is 526 g/mol. The number of hydrogen-bond acceptors (Lipinski definition) is 4. The van der Waals surface area contributed by atoms with Crippen LogP contribution in [0.1, 0.15) is 0 Å². The summed E-state index contributed by atoms with van der Waals surface area (Å²) in [5, 5.41) is 9.13. The Morgan fingerprint density at radius 3 is 1.86 bits per heavy atom. The van der Waals surface area contributed by atoms with Gasteiger partial charge in [0.25, 0.3) is 0 Å². The van der Waals surface area contributed by atoms with Crippen molar-refractivity contribution >= 4 is 54.3 Å². The van der Waals surface area contributed by atoms with E-state index >= 15 is 0 Å². The number of nitrogens with zero attached hydrogens (tertiary/aromatic N) is 3. The van der Waals surface area contributed by atoms with E-state index in [0.717, 1.165) is 54.8 Å². The predicted octanol–water partition coefficient (Wildman–Crippen LogP) is 10.2. The largest absolute Gasteiger partial charge is 0.456 e. The lowest BCUT2D eigenvalue weighted by Gasteiger charge is -2.12. The van der Waals surface area contributed by atoms with Crippen molar-refractivity contribution in [1.29, 1.82) is 0 Å². The molecule has 2 aromatic heterocycles. The molecule has 0 spiro atoms. The van der Waals surface area contributed by atoms with Gasteiger partial charge in [-0.2, -0.15) is 0 Å². The van der Waals surface area contributed by atoms with Gasteiger partial charge in [0, 0.05) is 32.8 Å². The molecule has 0 saturated carbocycles. The number of para-hydroxylation sites is 1. The fraction of sp³-hybridized carbons (Fsp3) is 0. The molecule has 0 radical (unpaired) electrons. The molecule has 0 aliphatic carbocycles. The van der Waals surface area contributed by atoms with E-state index in [1.165, 1.54) is 16.2 Å². The molecule has 0 aliphatic rings. The molecule has 0 aliphatic heterocycles. The lowest BCUT2D eigenvalue weighted by Crippen LogP contribution is -2.00. The molecule has 0 fully saturated rings. The van der Waals surface area contributed by atoms with E-state index in [4.69, 9.17) is 19.4 Å². The maximum atomic E-state index is 6.23. The van der Waals surface area contributed by atoms with Gasteiger partial charge in [-0.25, -0.2) is 15.0 Å². The number of rotatable bonds is 3. The topological polar surface area (TPSA) is 51.8 Å². The number of furan rings is 1. The molecule has 9 rings (SSSR count). The maximum Gasteiger partial charge on any atom is 0.164 e. The Hall–Kier alpha value is -5.87. The molecule has 200 valence electrons. The van der Waals surface area contributed by atoms with Crippen LogP contribution in [0.25, 0.3) is 88.4 Å². The first-order chi connectivity index (χ1) is 21.3. The van der Waals surface area contributed by atoms with Crippen LogP contribution in [0.2, 0.25) is 0 Å². The molecule has 4 nitrogen and oxygen atoms in total. The van der Waals surface area contributed by atoms with Crippen LogP contribution in [0.5, 0.6) is 0 Å². The number of aromatic nitrogens is 3. The predicted molar refractivity (Wildman–Crippen MR) is 176 cm³/mol. The molecule has 0 amide bonds. The number of fused-ring (bicyclic) bond motifs is 7. The first-order valence-electron chi connectivity index (χ1n) is 14.4. The summed E-state index contributed by atoms with van der Waals surface area (Å²) in [6, 6.07) is 48.2. The molecule has 2 heterocycles. The summed E-state index contributed by atoms with van der Waals surface area (Å²) in [5.41, 5.74) is 4.47. The minimum Gasteiger partial charge on any atom is -0.456 e. The van der Waals surface area contributed by atoms with Crippen molar-refractivity contribution in [2.24, 2.45) is 0 Å². The SMILES string of the molecule is c1ccc2cc(-c3nc(-c4ccc5c(c4)oc4ccccc45)nc(-c4cccc5ccc6ccccc6c45)n3)ccc2c1. The smallest absolute Gasteiger partial charge is 0.164 e. The van der Waals surface area contributed by atoms with Crippen LogP contribution in [0.3, 0.4) is 0 Å². The van der Waals surface area contributed by atoms with Crippen LogP contribution in [0, 0.1) is 0 Å². The van der Waals surface area contributed by atoms with Crippen molar-refractivity contribution in [2.75, 3.05) is 0 Å². The van der Waals surface area contributed by atoms with Crippen molar-refractivity contribution in [3.8, 4) is 34.2 Å². The molecule has 4 heteroatoms. The van der Waals surface area contributed by atoms with Gasteiger partial charge in [-0.05, 0) is 51.2 Å². The minimum atomic E-state index is 0.604. The average Bonchev–Trinajstić information content (AvgIpc) is 3.45. The molecule has 0 bridgehead atoms. The Morgan fingerprint density at radius 2 is 0.977 bits per heavy atom. The standard InChI is InChI=1S/C39H23N3O/c1-2-10-27-22-28(19-16-24(27)8-1)37-40-38(29-20-21-32-31-13-5-6-15-34(31)43-35(32)23-29)42-39(41-37)33-14-7-11-26-18-17-25-9-3-4-12-30(25)36(26)33/h1-23H. The van der Waals surface area contributed by atoms with Crippen molar-refractivity contribution in [3.05, 3.63) is 140 Å². The van der Waals surface area contributed by atoms with E-state index in [1.54, 1.807) is 0 Å². The molecule has 0 unspecified atom stereocenters. The Balaban J connectivity index is 1.32. The number of hydrogen-bond donors (Lipinski definition) is 0. The van der Waals surface area contributed by atoms with Crippen LogP contribution >= 0.6 is 0 Å². The second-order valence-electron chi connectivity index (χ2n) is 10.9. The van der Waals surface area contributed by atoms with Crippen molar-refractivity contribution in [1.82, 2.24) is 15.0 Å². The highest BCUT2D eigenvalue weighted by atomic mass is 16.3. The highest BCUT2D eigenvalue weighted by molar-refractivity contribution is 6.13. The van der Waals surface area contributed by atoms with Gasteiger partial charge in [0.2, 0.25) is 0 Å². The molecule has 0 atom stereocenters. The van der Waals surface area contributed by atoms with E-state index in [1.807, 2.05) is 24.3 Å². The molecule has 9 aromatic rings. The molecule has 7 aromatic carbocycles. The van der Waals surface area contributed by atoms with Crippen LogP contribution < -0.4 is 0 Å². The monoisotopic (exact) mass is 549 g/mol. The third-order valence-electron chi connectivity index (χ3n) is 8.29. The van der Waals surface area contributed by atoms with Crippen LogP contribution in [0.15, 0.2) is 144 Å². The first kappa shape index (κ1) is 23.8. The third kappa shape index (κ3) is 3.88. The van der Waals surface area contributed by atoms with Gasteiger partial charge >= 0.3 is 0 Å². The summed E-state index contributed by atoms with van der Waals surface area (Å²) in [4.78, 5) is 15.3. The molecular formula is C39H23N3O. The van der Waals surface area contributed by atoms with E-state index in [9.17, 15) is 0 Å². The van der Waals surface area contributed by atoms with Gasteiger partial charge in [0.15, 0.2) is 17.5 Å². The van der Waals surface area contributed by atoms with Gasteiger partial charge in [0.1, 0.15) is 11.2 Å². The lowest BCUT2D eigenvalue weighted by molar-refractivity contribution is 0.669. The van der Waals surface area contributed by atoms with Gasteiger partial charge < -0.3 is 4.42 Å². The van der Waals surface area contributed by atoms with Gasteiger partial charge in [-0.1, -0.05) is 115 Å². The summed E-state index contributed by atoms with van der Waals surface area (Å²) < 4.78 is 6.23. The Kier molecular flexibility index (Phi) is 5.16. The highest BCUT2D eigenvalue weighted by Crippen LogP contribution is 2.36. The summed E-state index contributed by atoms with van der Waals surface area (Å²) in [7, 11) is 0. The first-order valence-corrected chi connectivity index (χ1v) is 14.4. The third-order valence-corrected chi connectivity index (χ3v) is 8.29. The minimum absolute atomic E-state index is 0.604. The van der Waals surface area contributed by atoms with Crippen LogP contribution in [-0.2, 0) is 0 Å². The Bertz CT molecular complexity index is 2530. The van der Waals surface area contributed by atoms with E-state index in [2.05, 4.69) is 115 Å². The molecule has 0 saturated heterocycles. The Labute approximate surface area is 246 Å². The summed E-state index contributed by atoms with van der Waals surface area (Å²) in [6.07, 6.45) is 0. The second-order valence-corrected chi connectivity index (χ2v) is 10.9. The zero-order chi connectivity index (χ0) is 28.3. The number of benzene rings is 7. The summed E-state index contributed by atoms with van der Waals surface area (Å²) in [6.45, 7) is 0. The maximum absolute atomic E-state index is 6.23. The van der Waals surface area contributed by atoms with Crippen LogP contribution in [-0.4, -0.2) is 15.0 Å². The molecule has 0 N–H and O–H groups in total. The summed E-state index contributed by atoms with van der Waals surface area (Å²) in [5.74, 6) is 1.88. The van der Waals surface area contributed by atoms with E-state index < -0.39 is 0 Å². The van der Waals surface area contributed by atoms with Crippen molar-refractivity contribution < 1.29 is 4.42 Å². The summed E-state index contributed by atoms with van der Waals surface area (Å²) >= 11 is 0. The van der Waals surface area contributed by atoms with Gasteiger partial charge in [0.05, 0.1) is 0 Å². The zero-order valence-corrected chi connectivity index (χ0v) is 23.0. The Morgan fingerprint density at radius 1 is 0.372 bits per heavy atom. The lowest BCUT2D eigenvalue weighted by atomic mass is 9.97. The van der Waals surface area contributed by atoms with E-state index in [-0.39, 0.29) is 0 Å². The second kappa shape index (κ2) is 9.33. The fourth-order valence-electron chi connectivity index (χ4n) is 6.19. The van der Waals surface area contributed by atoms with Gasteiger partial charge in [-0.3, -0.25) is 0 Å². The zero-order valence-electron chi connectivity index (χ0n) is 23.0. The average molecular weight is 550 g/mol. The highest BCUT2D eigenvalue weighted by Gasteiger charge is 2.17. The fourth-order valence-corrected chi connectivity index (χ4v) is 6.19.